The SMILES string of the molecule is Cc1cc(C(=O)CN2CCN(CC(=O)N3CCOCC3)CC2)c(C)n1Cc1ccc2c(c1)OCO2. The van der Waals surface area contributed by atoms with Gasteiger partial charge >= 0.3 is 0 Å². The van der Waals surface area contributed by atoms with E-state index >= 15 is 0 Å². The average molecular weight is 483 g/mol. The molecule has 2 saturated heterocycles. The predicted octanol–water partition coefficient (Wildman–Crippen LogP) is 1.54. The van der Waals surface area contributed by atoms with Crippen molar-refractivity contribution in [2.24, 2.45) is 0 Å². The Morgan fingerprint density at radius 2 is 1.54 bits per heavy atom. The molecule has 1 aromatic heterocycles. The molecule has 188 valence electrons. The first-order valence-electron chi connectivity index (χ1n) is 12.4. The highest BCUT2D eigenvalue weighted by atomic mass is 16.7. The number of aromatic nitrogens is 1. The van der Waals surface area contributed by atoms with Gasteiger partial charge in [-0.1, -0.05) is 6.07 Å². The van der Waals surface area contributed by atoms with Crippen molar-refractivity contribution >= 4 is 11.7 Å². The van der Waals surface area contributed by atoms with E-state index in [4.69, 9.17) is 14.2 Å². The first-order valence-corrected chi connectivity index (χ1v) is 12.4. The number of nitrogens with zero attached hydrogens (tertiary/aromatic N) is 4. The molecule has 0 N–H and O–H groups in total. The molecule has 9 nitrogen and oxygen atoms in total. The summed E-state index contributed by atoms with van der Waals surface area (Å²) in [4.78, 5) is 32.0. The number of hydrogen-bond acceptors (Lipinski definition) is 7. The lowest BCUT2D eigenvalue weighted by molar-refractivity contribution is -0.136. The second-order valence-electron chi connectivity index (χ2n) is 9.53. The van der Waals surface area contributed by atoms with Gasteiger partial charge in [-0.15, -0.1) is 0 Å². The summed E-state index contributed by atoms with van der Waals surface area (Å²) in [5, 5.41) is 0. The molecule has 0 aliphatic carbocycles. The number of rotatable bonds is 7. The molecule has 0 atom stereocenters. The number of amides is 1. The molecule has 0 unspecified atom stereocenters. The van der Waals surface area contributed by atoms with E-state index in [2.05, 4.69) is 14.4 Å². The summed E-state index contributed by atoms with van der Waals surface area (Å²) in [6.07, 6.45) is 0. The highest BCUT2D eigenvalue weighted by molar-refractivity contribution is 5.99. The monoisotopic (exact) mass is 482 g/mol. The Bertz CT molecular complexity index is 1080. The van der Waals surface area contributed by atoms with Gasteiger partial charge in [-0.05, 0) is 37.6 Å². The number of morpholine rings is 1. The van der Waals surface area contributed by atoms with Crippen LogP contribution in [0.25, 0.3) is 0 Å². The van der Waals surface area contributed by atoms with Crippen LogP contribution >= 0.6 is 0 Å². The molecule has 1 aromatic carbocycles. The number of hydrogen-bond donors (Lipinski definition) is 0. The maximum atomic E-state index is 13.2. The molecule has 0 radical (unpaired) electrons. The Hall–Kier alpha value is -2.88. The highest BCUT2D eigenvalue weighted by Gasteiger charge is 2.25. The van der Waals surface area contributed by atoms with E-state index in [1.807, 2.05) is 43.0 Å². The number of fused-ring (bicyclic) bond motifs is 1. The van der Waals surface area contributed by atoms with Crippen molar-refractivity contribution in [3.8, 4) is 11.5 Å². The van der Waals surface area contributed by atoms with Crippen LogP contribution in [-0.2, 0) is 16.1 Å². The molecule has 35 heavy (non-hydrogen) atoms. The van der Waals surface area contributed by atoms with Gasteiger partial charge in [-0.2, -0.15) is 0 Å². The Morgan fingerprint density at radius 1 is 0.857 bits per heavy atom. The molecule has 1 amide bonds. The van der Waals surface area contributed by atoms with Crippen LogP contribution in [0.1, 0.15) is 27.3 Å². The Balaban J connectivity index is 1.14. The van der Waals surface area contributed by atoms with Crippen LogP contribution in [0.4, 0.5) is 0 Å². The largest absolute Gasteiger partial charge is 0.454 e. The molecule has 0 saturated carbocycles. The van der Waals surface area contributed by atoms with Crippen molar-refractivity contribution in [3.63, 3.8) is 0 Å². The normalized spacial score (nSPS) is 18.7. The summed E-state index contributed by atoms with van der Waals surface area (Å²) in [5.41, 5.74) is 3.95. The number of ketones is 1. The first-order chi connectivity index (χ1) is 17.0. The fourth-order valence-corrected chi connectivity index (χ4v) is 5.05. The zero-order valence-corrected chi connectivity index (χ0v) is 20.6. The van der Waals surface area contributed by atoms with E-state index in [0.29, 0.717) is 45.9 Å². The minimum Gasteiger partial charge on any atom is -0.454 e. The van der Waals surface area contributed by atoms with Crippen molar-refractivity contribution < 1.29 is 23.8 Å². The second-order valence-corrected chi connectivity index (χ2v) is 9.53. The summed E-state index contributed by atoms with van der Waals surface area (Å²) in [6, 6.07) is 7.98. The van der Waals surface area contributed by atoms with Gasteiger partial charge < -0.3 is 23.7 Å². The maximum absolute atomic E-state index is 13.2. The lowest BCUT2D eigenvalue weighted by Gasteiger charge is -2.35. The quantitative estimate of drug-likeness (QED) is 0.554. The molecule has 3 aliphatic heterocycles. The van der Waals surface area contributed by atoms with Crippen molar-refractivity contribution in [1.82, 2.24) is 19.3 Å². The van der Waals surface area contributed by atoms with E-state index in [1.54, 1.807) is 0 Å². The van der Waals surface area contributed by atoms with Crippen LogP contribution in [0.5, 0.6) is 11.5 Å². The zero-order valence-electron chi connectivity index (χ0n) is 20.6. The lowest BCUT2D eigenvalue weighted by atomic mass is 10.1. The number of Topliss-reactive ketones (excluding diaryl/α,β-unsaturated/α-hetero) is 1. The zero-order chi connectivity index (χ0) is 24.4. The smallest absolute Gasteiger partial charge is 0.236 e. The summed E-state index contributed by atoms with van der Waals surface area (Å²) < 4.78 is 18.4. The van der Waals surface area contributed by atoms with Gasteiger partial charge in [-0.25, -0.2) is 0 Å². The van der Waals surface area contributed by atoms with Crippen LogP contribution < -0.4 is 9.47 Å². The van der Waals surface area contributed by atoms with Gasteiger partial charge in [-0.3, -0.25) is 19.4 Å². The third kappa shape index (κ3) is 5.37. The van der Waals surface area contributed by atoms with Crippen LogP contribution in [0, 0.1) is 13.8 Å². The molecule has 0 bridgehead atoms. The molecule has 5 rings (SSSR count). The summed E-state index contributed by atoms with van der Waals surface area (Å²) in [7, 11) is 0. The molecule has 2 aromatic rings. The minimum absolute atomic E-state index is 0.146. The lowest BCUT2D eigenvalue weighted by Crippen LogP contribution is -2.52. The predicted molar refractivity (Wildman–Crippen MR) is 130 cm³/mol. The summed E-state index contributed by atoms with van der Waals surface area (Å²) in [6.45, 7) is 11.6. The van der Waals surface area contributed by atoms with Gasteiger partial charge in [0.1, 0.15) is 0 Å². The van der Waals surface area contributed by atoms with E-state index in [9.17, 15) is 9.59 Å². The Morgan fingerprint density at radius 3 is 2.29 bits per heavy atom. The molecular formula is C26H34N4O5. The number of piperazine rings is 1. The third-order valence-electron chi connectivity index (χ3n) is 7.21. The Kier molecular flexibility index (Phi) is 7.08. The van der Waals surface area contributed by atoms with Gasteiger partial charge in [0.2, 0.25) is 12.7 Å². The van der Waals surface area contributed by atoms with Crippen molar-refractivity contribution in [2.45, 2.75) is 20.4 Å². The molecule has 0 spiro atoms. The first kappa shape index (κ1) is 23.8. The van der Waals surface area contributed by atoms with E-state index in [0.717, 1.165) is 60.2 Å². The third-order valence-corrected chi connectivity index (χ3v) is 7.21. The van der Waals surface area contributed by atoms with Gasteiger partial charge in [0.15, 0.2) is 17.3 Å². The molecule has 4 heterocycles. The molecule has 9 heteroatoms. The van der Waals surface area contributed by atoms with Crippen molar-refractivity contribution in [2.75, 3.05) is 72.4 Å². The standard InChI is InChI=1S/C26H34N4O5/c1-19-13-22(20(2)30(19)15-21-3-4-24-25(14-21)35-18-34-24)23(31)16-27-5-7-28(8-6-27)17-26(32)29-9-11-33-12-10-29/h3-4,13-14H,5-12,15-18H2,1-2H3. The average Bonchev–Trinajstić information content (AvgIpc) is 3.45. The number of benzene rings is 1. The van der Waals surface area contributed by atoms with Crippen molar-refractivity contribution in [1.29, 1.82) is 0 Å². The van der Waals surface area contributed by atoms with Crippen molar-refractivity contribution in [3.05, 3.63) is 46.8 Å². The number of ether oxygens (including phenoxy) is 3. The number of aryl methyl sites for hydroxylation is 1. The minimum atomic E-state index is 0.146. The van der Waals surface area contributed by atoms with Crippen LogP contribution in [-0.4, -0.2) is 103 Å². The van der Waals surface area contributed by atoms with Crippen LogP contribution in [0.15, 0.2) is 24.3 Å². The fourth-order valence-electron chi connectivity index (χ4n) is 5.05. The molecule has 2 fully saturated rings. The van der Waals surface area contributed by atoms with Gasteiger partial charge in [0, 0.05) is 62.8 Å². The summed E-state index contributed by atoms with van der Waals surface area (Å²) in [5.74, 6) is 1.86. The topological polar surface area (TPSA) is 76.5 Å². The van der Waals surface area contributed by atoms with Crippen LogP contribution in [0.2, 0.25) is 0 Å². The van der Waals surface area contributed by atoms with E-state index < -0.39 is 0 Å². The maximum Gasteiger partial charge on any atom is 0.236 e. The molecule has 3 aliphatic rings. The number of carbonyl (C=O) groups is 2. The summed E-state index contributed by atoms with van der Waals surface area (Å²) >= 11 is 0. The van der Waals surface area contributed by atoms with E-state index in [1.165, 1.54) is 0 Å². The second kappa shape index (κ2) is 10.4. The number of carbonyl (C=O) groups excluding carboxylic acids is 2. The van der Waals surface area contributed by atoms with Crippen LogP contribution in [0.3, 0.4) is 0 Å². The van der Waals surface area contributed by atoms with Gasteiger partial charge in [0.05, 0.1) is 26.3 Å². The molecular weight excluding hydrogens is 448 g/mol. The fraction of sp³-hybridized carbons (Fsp3) is 0.538. The Labute approximate surface area is 206 Å². The van der Waals surface area contributed by atoms with E-state index in [-0.39, 0.29) is 18.5 Å². The van der Waals surface area contributed by atoms with Gasteiger partial charge in [0.25, 0.3) is 0 Å². The highest BCUT2D eigenvalue weighted by Crippen LogP contribution is 2.33.